The maximum atomic E-state index is 5.34. The van der Waals surface area contributed by atoms with E-state index in [4.69, 9.17) is 17.0 Å². The first-order valence-electron chi connectivity index (χ1n) is 6.18. The first kappa shape index (κ1) is 14.9. The number of hydrogen-bond donors (Lipinski definition) is 1. The highest BCUT2D eigenvalue weighted by atomic mass is 32.1. The summed E-state index contributed by atoms with van der Waals surface area (Å²) in [4.78, 5) is 2.06. The predicted octanol–water partition coefficient (Wildman–Crippen LogP) is 2.07. The number of thiocarbonyl (C=S) groups is 1. The Morgan fingerprint density at radius 1 is 1.39 bits per heavy atom. The van der Waals surface area contributed by atoms with E-state index in [2.05, 4.69) is 41.4 Å². The zero-order valence-corrected chi connectivity index (χ0v) is 12.2. The molecule has 0 aliphatic carbocycles. The molecule has 0 spiro atoms. The van der Waals surface area contributed by atoms with Crippen LogP contribution in [0, 0.1) is 0 Å². The average molecular weight is 266 g/mol. The Morgan fingerprint density at radius 2 is 2.06 bits per heavy atom. The van der Waals surface area contributed by atoms with Gasteiger partial charge in [0.2, 0.25) is 0 Å². The minimum Gasteiger partial charge on any atom is -0.383 e. The summed E-state index contributed by atoms with van der Waals surface area (Å²) in [6.07, 6.45) is 0.998. The van der Waals surface area contributed by atoms with E-state index in [9.17, 15) is 0 Å². The van der Waals surface area contributed by atoms with Crippen LogP contribution < -0.4 is 5.32 Å². The highest BCUT2D eigenvalue weighted by molar-refractivity contribution is 7.80. The highest BCUT2D eigenvalue weighted by Crippen LogP contribution is 2.01. The molecule has 1 unspecified atom stereocenters. The maximum absolute atomic E-state index is 5.34. The maximum Gasteiger partial charge on any atom is 0.168 e. The Bertz CT molecular complexity index is 356. The molecule has 0 radical (unpaired) electrons. The van der Waals surface area contributed by atoms with Gasteiger partial charge in [0.15, 0.2) is 5.11 Å². The Labute approximate surface area is 115 Å². The summed E-state index contributed by atoms with van der Waals surface area (Å²) in [6.45, 7) is 3.63. The van der Waals surface area contributed by atoms with E-state index in [1.54, 1.807) is 7.11 Å². The van der Waals surface area contributed by atoms with Gasteiger partial charge in [-0.3, -0.25) is 0 Å². The van der Waals surface area contributed by atoms with Gasteiger partial charge in [-0.1, -0.05) is 30.3 Å². The molecule has 0 heterocycles. The minimum absolute atomic E-state index is 0.238. The van der Waals surface area contributed by atoms with Gasteiger partial charge < -0.3 is 15.0 Å². The smallest absolute Gasteiger partial charge is 0.168 e. The zero-order valence-electron chi connectivity index (χ0n) is 11.3. The second-order valence-corrected chi connectivity index (χ2v) is 4.85. The Morgan fingerprint density at radius 3 is 2.67 bits per heavy atom. The number of benzene rings is 1. The summed E-state index contributed by atoms with van der Waals surface area (Å²) in [7, 11) is 3.71. The van der Waals surface area contributed by atoms with Crippen molar-refractivity contribution in [2.75, 3.05) is 27.3 Å². The van der Waals surface area contributed by atoms with Gasteiger partial charge in [-0.05, 0) is 31.1 Å². The molecule has 1 atom stereocenters. The molecule has 0 bridgehead atoms. The van der Waals surface area contributed by atoms with Crippen molar-refractivity contribution in [2.24, 2.45) is 0 Å². The molecule has 1 aromatic rings. The van der Waals surface area contributed by atoms with Crippen LogP contribution >= 0.6 is 12.2 Å². The predicted molar refractivity (Wildman–Crippen MR) is 79.8 cm³/mol. The zero-order chi connectivity index (χ0) is 13.4. The molecule has 4 heteroatoms. The van der Waals surface area contributed by atoms with Gasteiger partial charge in [-0.2, -0.15) is 0 Å². The van der Waals surface area contributed by atoms with E-state index in [-0.39, 0.29) is 6.04 Å². The summed E-state index contributed by atoms with van der Waals surface area (Å²) in [5, 5.41) is 4.02. The Kier molecular flexibility index (Phi) is 6.68. The highest BCUT2D eigenvalue weighted by Gasteiger charge is 2.07. The lowest BCUT2D eigenvalue weighted by molar-refractivity contribution is 0.178. The largest absolute Gasteiger partial charge is 0.383 e. The first-order valence-corrected chi connectivity index (χ1v) is 6.58. The van der Waals surface area contributed by atoms with E-state index in [1.807, 2.05) is 13.1 Å². The van der Waals surface area contributed by atoms with Crippen molar-refractivity contribution in [1.82, 2.24) is 10.2 Å². The van der Waals surface area contributed by atoms with Crippen molar-refractivity contribution >= 4 is 17.3 Å². The van der Waals surface area contributed by atoms with Crippen molar-refractivity contribution < 1.29 is 4.74 Å². The third-order valence-electron chi connectivity index (χ3n) is 2.71. The summed E-state index contributed by atoms with van der Waals surface area (Å²) in [5.41, 5.74) is 1.33. The van der Waals surface area contributed by atoms with Crippen LogP contribution in [0.25, 0.3) is 0 Å². The van der Waals surface area contributed by atoms with Crippen LogP contribution in [-0.2, 0) is 11.2 Å². The van der Waals surface area contributed by atoms with Crippen molar-refractivity contribution in [3.63, 3.8) is 0 Å². The molecule has 100 valence electrons. The molecule has 1 aromatic carbocycles. The quantitative estimate of drug-likeness (QED) is 0.797. The summed E-state index contributed by atoms with van der Waals surface area (Å²) >= 11 is 5.34. The van der Waals surface area contributed by atoms with Crippen LogP contribution in [0.1, 0.15) is 12.5 Å². The standard InChI is InChI=1S/C14H22N2OS/c1-12(11-17-3)15-14(18)16(2)10-9-13-7-5-4-6-8-13/h4-8,12H,9-11H2,1-3H3,(H,15,18). The van der Waals surface area contributed by atoms with E-state index >= 15 is 0 Å². The second-order valence-electron chi connectivity index (χ2n) is 4.46. The Hall–Kier alpha value is -1.13. The molecule has 0 amide bonds. The molecular formula is C14H22N2OS. The molecule has 0 aromatic heterocycles. The lowest BCUT2D eigenvalue weighted by Gasteiger charge is -2.24. The fourth-order valence-corrected chi connectivity index (χ4v) is 1.95. The fourth-order valence-electron chi connectivity index (χ4n) is 1.66. The normalized spacial score (nSPS) is 11.9. The monoisotopic (exact) mass is 266 g/mol. The third kappa shape index (κ3) is 5.47. The fraction of sp³-hybridized carbons (Fsp3) is 0.500. The van der Waals surface area contributed by atoms with Crippen LogP contribution in [0.3, 0.4) is 0 Å². The molecule has 1 N–H and O–H groups in total. The number of nitrogens with zero attached hydrogens (tertiary/aromatic N) is 1. The van der Waals surface area contributed by atoms with Crippen molar-refractivity contribution in [1.29, 1.82) is 0 Å². The number of methoxy groups -OCH3 is 1. The number of nitrogens with one attached hydrogen (secondary N) is 1. The number of ether oxygens (including phenoxy) is 1. The van der Waals surface area contributed by atoms with Gasteiger partial charge in [-0.15, -0.1) is 0 Å². The van der Waals surface area contributed by atoms with Crippen LogP contribution in [0.2, 0.25) is 0 Å². The van der Waals surface area contributed by atoms with Crippen molar-refractivity contribution in [3.05, 3.63) is 35.9 Å². The summed E-state index contributed by atoms with van der Waals surface area (Å²) in [6, 6.07) is 10.7. The minimum atomic E-state index is 0.238. The van der Waals surface area contributed by atoms with Crippen molar-refractivity contribution in [2.45, 2.75) is 19.4 Å². The van der Waals surface area contributed by atoms with Gasteiger partial charge in [0.25, 0.3) is 0 Å². The van der Waals surface area contributed by atoms with E-state index in [0.29, 0.717) is 6.61 Å². The molecule has 3 nitrogen and oxygen atoms in total. The van der Waals surface area contributed by atoms with E-state index in [1.165, 1.54) is 5.56 Å². The lowest BCUT2D eigenvalue weighted by Crippen LogP contribution is -2.44. The van der Waals surface area contributed by atoms with Crippen molar-refractivity contribution in [3.8, 4) is 0 Å². The lowest BCUT2D eigenvalue weighted by atomic mass is 10.1. The third-order valence-corrected chi connectivity index (χ3v) is 3.14. The Balaban J connectivity index is 2.32. The molecular weight excluding hydrogens is 244 g/mol. The molecule has 0 saturated heterocycles. The van der Waals surface area contributed by atoms with Gasteiger partial charge in [0.1, 0.15) is 0 Å². The van der Waals surface area contributed by atoms with E-state index < -0.39 is 0 Å². The molecule has 18 heavy (non-hydrogen) atoms. The number of hydrogen-bond acceptors (Lipinski definition) is 2. The number of likely N-dealkylation sites (N-methyl/N-ethyl adjacent to an activating group) is 1. The molecule has 1 rings (SSSR count). The van der Waals surface area contributed by atoms with Crippen LogP contribution in [-0.4, -0.2) is 43.4 Å². The van der Waals surface area contributed by atoms with Crippen LogP contribution in [0.5, 0.6) is 0 Å². The molecule has 0 saturated carbocycles. The SMILES string of the molecule is COCC(C)NC(=S)N(C)CCc1ccccc1. The van der Waals surface area contributed by atoms with Crippen LogP contribution in [0.15, 0.2) is 30.3 Å². The second kappa shape index (κ2) is 8.06. The van der Waals surface area contributed by atoms with E-state index in [0.717, 1.165) is 18.1 Å². The summed E-state index contributed by atoms with van der Waals surface area (Å²) < 4.78 is 5.07. The van der Waals surface area contributed by atoms with Gasteiger partial charge in [-0.25, -0.2) is 0 Å². The molecule has 0 aliphatic rings. The van der Waals surface area contributed by atoms with Gasteiger partial charge in [0.05, 0.1) is 6.61 Å². The molecule has 0 fully saturated rings. The first-order chi connectivity index (χ1) is 8.63. The topological polar surface area (TPSA) is 24.5 Å². The van der Waals surface area contributed by atoms with Gasteiger partial charge >= 0.3 is 0 Å². The van der Waals surface area contributed by atoms with Crippen LogP contribution in [0.4, 0.5) is 0 Å². The molecule has 0 aliphatic heterocycles. The average Bonchev–Trinajstić information content (AvgIpc) is 2.37. The van der Waals surface area contributed by atoms with Gasteiger partial charge in [0, 0.05) is 26.7 Å². The number of rotatable bonds is 6. The summed E-state index contributed by atoms with van der Waals surface area (Å²) in [5.74, 6) is 0.